The molecular formula is C16H24N4O. The molecule has 1 aliphatic rings. The predicted molar refractivity (Wildman–Crippen MR) is 83.5 cm³/mol. The molecule has 0 radical (unpaired) electrons. The first kappa shape index (κ1) is 15.4. The Morgan fingerprint density at radius 1 is 1.38 bits per heavy atom. The standard InChI is InChI=1S/C16H24N4O/c1-9(2)11-5-4-10(3)6-14(11)21-16-12(8-17)13(18)7-15(19)20-16/h7,9-11,14H,4-6H2,1-3H3,(H4,18,19,20)/t10-,11+,14-/m1/s1. The number of hydrogen-bond donors (Lipinski definition) is 2. The highest BCUT2D eigenvalue weighted by Gasteiger charge is 2.33. The second-order valence-electron chi connectivity index (χ2n) is 6.41. The second kappa shape index (κ2) is 6.21. The van der Waals surface area contributed by atoms with Crippen LogP contribution in [-0.4, -0.2) is 11.1 Å². The second-order valence-corrected chi connectivity index (χ2v) is 6.41. The van der Waals surface area contributed by atoms with Crippen LogP contribution in [-0.2, 0) is 0 Å². The monoisotopic (exact) mass is 288 g/mol. The number of hydrogen-bond acceptors (Lipinski definition) is 5. The molecule has 0 saturated heterocycles. The van der Waals surface area contributed by atoms with Gasteiger partial charge in [0, 0.05) is 6.07 Å². The SMILES string of the molecule is CC(C)[C@@H]1CC[C@@H](C)C[C@H]1Oc1nc(N)cc(N)c1C#N. The van der Waals surface area contributed by atoms with Crippen molar-refractivity contribution >= 4 is 11.5 Å². The molecule has 1 aliphatic carbocycles. The Balaban J connectivity index is 2.29. The molecule has 0 aliphatic heterocycles. The van der Waals surface area contributed by atoms with Crippen molar-refractivity contribution in [3.05, 3.63) is 11.6 Å². The lowest BCUT2D eigenvalue weighted by atomic mass is 9.75. The van der Waals surface area contributed by atoms with E-state index in [1.165, 1.54) is 12.5 Å². The van der Waals surface area contributed by atoms with Gasteiger partial charge in [0.1, 0.15) is 23.6 Å². The minimum atomic E-state index is 0.0644. The third-order valence-electron chi connectivity index (χ3n) is 4.37. The van der Waals surface area contributed by atoms with Gasteiger partial charge in [0.2, 0.25) is 5.88 Å². The van der Waals surface area contributed by atoms with Crippen molar-refractivity contribution in [1.29, 1.82) is 5.26 Å². The van der Waals surface area contributed by atoms with Crippen LogP contribution in [0.25, 0.3) is 0 Å². The fourth-order valence-corrected chi connectivity index (χ4v) is 3.15. The van der Waals surface area contributed by atoms with E-state index in [9.17, 15) is 5.26 Å². The van der Waals surface area contributed by atoms with Crippen molar-refractivity contribution in [3.8, 4) is 11.9 Å². The first-order valence-electron chi connectivity index (χ1n) is 7.55. The van der Waals surface area contributed by atoms with Crippen molar-refractivity contribution in [2.75, 3.05) is 11.5 Å². The van der Waals surface area contributed by atoms with Gasteiger partial charge in [-0.05, 0) is 30.6 Å². The minimum Gasteiger partial charge on any atom is -0.473 e. The number of rotatable bonds is 3. The molecule has 0 aromatic carbocycles. The first-order valence-corrected chi connectivity index (χ1v) is 7.55. The van der Waals surface area contributed by atoms with Crippen LogP contribution < -0.4 is 16.2 Å². The molecular weight excluding hydrogens is 264 g/mol. The Labute approximate surface area is 126 Å². The third-order valence-corrected chi connectivity index (χ3v) is 4.37. The van der Waals surface area contributed by atoms with Gasteiger partial charge in [-0.1, -0.05) is 27.2 Å². The normalized spacial score (nSPS) is 25.6. The maximum Gasteiger partial charge on any atom is 0.236 e. The van der Waals surface area contributed by atoms with Gasteiger partial charge >= 0.3 is 0 Å². The minimum absolute atomic E-state index is 0.0644. The Hall–Kier alpha value is -1.96. The average Bonchev–Trinajstić information content (AvgIpc) is 2.37. The highest BCUT2D eigenvalue weighted by atomic mass is 16.5. The van der Waals surface area contributed by atoms with Gasteiger partial charge in [-0.3, -0.25) is 0 Å². The summed E-state index contributed by atoms with van der Waals surface area (Å²) in [5, 5.41) is 9.26. The van der Waals surface area contributed by atoms with Crippen molar-refractivity contribution in [2.24, 2.45) is 17.8 Å². The molecule has 21 heavy (non-hydrogen) atoms. The van der Waals surface area contributed by atoms with Crippen molar-refractivity contribution in [3.63, 3.8) is 0 Å². The quantitative estimate of drug-likeness (QED) is 0.891. The summed E-state index contributed by atoms with van der Waals surface area (Å²) in [4.78, 5) is 4.17. The smallest absolute Gasteiger partial charge is 0.236 e. The number of nitriles is 1. The van der Waals surface area contributed by atoms with E-state index >= 15 is 0 Å². The van der Waals surface area contributed by atoms with E-state index in [-0.39, 0.29) is 23.4 Å². The van der Waals surface area contributed by atoms with Crippen LogP contribution >= 0.6 is 0 Å². The summed E-state index contributed by atoms with van der Waals surface area (Å²) in [5.74, 6) is 2.18. The summed E-state index contributed by atoms with van der Waals surface area (Å²) >= 11 is 0. The number of ether oxygens (including phenoxy) is 1. The van der Waals surface area contributed by atoms with E-state index in [0.717, 1.165) is 12.8 Å². The summed E-state index contributed by atoms with van der Waals surface area (Å²) in [7, 11) is 0. The Bertz CT molecular complexity index is 550. The molecule has 3 atom stereocenters. The van der Waals surface area contributed by atoms with E-state index in [1.54, 1.807) is 0 Å². The molecule has 1 aromatic rings. The number of nitrogens with two attached hydrogens (primary N) is 2. The fourth-order valence-electron chi connectivity index (χ4n) is 3.15. The number of pyridine rings is 1. The predicted octanol–water partition coefficient (Wildman–Crippen LogP) is 2.96. The van der Waals surface area contributed by atoms with Crippen molar-refractivity contribution in [2.45, 2.75) is 46.1 Å². The largest absolute Gasteiger partial charge is 0.473 e. The summed E-state index contributed by atoms with van der Waals surface area (Å²) in [6.07, 6.45) is 3.41. The van der Waals surface area contributed by atoms with E-state index in [2.05, 4.69) is 31.8 Å². The summed E-state index contributed by atoms with van der Waals surface area (Å²) < 4.78 is 6.09. The Morgan fingerprint density at radius 2 is 2.10 bits per heavy atom. The topological polar surface area (TPSA) is 97.9 Å². The lowest BCUT2D eigenvalue weighted by Crippen LogP contribution is -2.36. The summed E-state index contributed by atoms with van der Waals surface area (Å²) in [6, 6.07) is 3.56. The van der Waals surface area contributed by atoms with Gasteiger partial charge in [-0.2, -0.15) is 10.2 Å². The average molecular weight is 288 g/mol. The van der Waals surface area contributed by atoms with Crippen molar-refractivity contribution in [1.82, 2.24) is 4.98 Å². The van der Waals surface area contributed by atoms with Gasteiger partial charge < -0.3 is 16.2 Å². The zero-order chi connectivity index (χ0) is 15.6. The Morgan fingerprint density at radius 3 is 2.71 bits per heavy atom. The number of nitrogen functional groups attached to an aromatic ring is 2. The number of nitrogens with zero attached hydrogens (tertiary/aromatic N) is 2. The Kier molecular flexibility index (Phi) is 4.56. The van der Waals surface area contributed by atoms with Gasteiger partial charge in [0.25, 0.3) is 0 Å². The first-order chi connectivity index (χ1) is 9.92. The molecule has 1 heterocycles. The molecule has 5 heteroatoms. The molecule has 0 amide bonds. The van der Waals surface area contributed by atoms with Gasteiger partial charge in [0.15, 0.2) is 0 Å². The van der Waals surface area contributed by atoms with Gasteiger partial charge in [0.05, 0.1) is 5.69 Å². The maximum absolute atomic E-state index is 9.26. The molecule has 0 spiro atoms. The van der Waals surface area contributed by atoms with Gasteiger partial charge in [-0.15, -0.1) is 0 Å². The van der Waals surface area contributed by atoms with Crippen LogP contribution in [0.15, 0.2) is 6.07 Å². The van der Waals surface area contributed by atoms with Crippen LogP contribution in [0.5, 0.6) is 5.88 Å². The molecule has 1 aromatic heterocycles. The summed E-state index contributed by atoms with van der Waals surface area (Å²) in [6.45, 7) is 6.66. The van der Waals surface area contributed by atoms with E-state index < -0.39 is 0 Å². The van der Waals surface area contributed by atoms with Crippen LogP contribution in [0, 0.1) is 29.1 Å². The van der Waals surface area contributed by atoms with E-state index in [1.807, 2.05) is 0 Å². The molecule has 2 rings (SSSR count). The number of anilines is 2. The summed E-state index contributed by atoms with van der Waals surface area (Å²) in [5.41, 5.74) is 12.2. The maximum atomic E-state index is 9.26. The van der Waals surface area contributed by atoms with Crippen LogP contribution in [0.3, 0.4) is 0 Å². The third kappa shape index (κ3) is 3.38. The van der Waals surface area contributed by atoms with Crippen LogP contribution in [0.4, 0.5) is 11.5 Å². The number of aromatic nitrogens is 1. The van der Waals surface area contributed by atoms with E-state index in [4.69, 9.17) is 16.2 Å². The molecule has 114 valence electrons. The molecule has 4 N–H and O–H groups in total. The molecule has 5 nitrogen and oxygen atoms in total. The molecule has 1 saturated carbocycles. The fraction of sp³-hybridized carbons (Fsp3) is 0.625. The molecule has 0 bridgehead atoms. The zero-order valence-corrected chi connectivity index (χ0v) is 13.0. The van der Waals surface area contributed by atoms with Crippen LogP contribution in [0.2, 0.25) is 0 Å². The van der Waals surface area contributed by atoms with Crippen LogP contribution in [0.1, 0.15) is 45.6 Å². The van der Waals surface area contributed by atoms with E-state index in [0.29, 0.717) is 23.4 Å². The van der Waals surface area contributed by atoms with Gasteiger partial charge in [-0.25, -0.2) is 0 Å². The highest BCUT2D eigenvalue weighted by Crippen LogP contribution is 2.37. The lowest BCUT2D eigenvalue weighted by molar-refractivity contribution is 0.0426. The molecule has 0 unspecified atom stereocenters. The molecule has 1 fully saturated rings. The lowest BCUT2D eigenvalue weighted by Gasteiger charge is -2.37. The zero-order valence-electron chi connectivity index (χ0n) is 13.0. The van der Waals surface area contributed by atoms with Crippen molar-refractivity contribution < 1.29 is 4.74 Å². The highest BCUT2D eigenvalue weighted by molar-refractivity contribution is 5.63.